The van der Waals surface area contributed by atoms with Gasteiger partial charge in [0, 0.05) is 0 Å². The Morgan fingerprint density at radius 3 is 2.67 bits per heavy atom. The molecule has 3 amide bonds. The number of nitrogens with zero attached hydrogens (tertiary/aromatic N) is 2. The van der Waals surface area contributed by atoms with Gasteiger partial charge in [0.25, 0.3) is 5.91 Å². The smallest absolute Gasteiger partial charge is 0.327 e. The summed E-state index contributed by atoms with van der Waals surface area (Å²) in [6.45, 7) is 2.55. The van der Waals surface area contributed by atoms with Crippen molar-refractivity contribution in [2.45, 2.75) is 38.3 Å². The Morgan fingerprint density at radius 2 is 2.04 bits per heavy atom. The minimum Gasteiger partial charge on any atom is -0.446 e. The maximum absolute atomic E-state index is 12.5. The Kier molecular flexibility index (Phi) is 5.19. The topological polar surface area (TPSA) is 99.5 Å². The molecule has 0 bridgehead atoms. The standard InChI is InChI=1S/C17H19N3O4/c1-12(10-18)24-14(21)11-20-15(22)17(2,19-16(20)23)9-8-13-6-4-3-5-7-13/h3-7,12H,8-9,11H2,1-2H3,(H,19,23)/t12-,17-/m0/s1. The number of nitrogens with one attached hydrogen (secondary N) is 1. The summed E-state index contributed by atoms with van der Waals surface area (Å²) in [5.74, 6) is -1.26. The van der Waals surface area contributed by atoms with E-state index in [0.29, 0.717) is 12.8 Å². The number of nitriles is 1. The zero-order valence-electron chi connectivity index (χ0n) is 13.6. The molecular formula is C17H19N3O4. The molecule has 1 saturated heterocycles. The second-order valence-electron chi connectivity index (χ2n) is 5.90. The Bertz CT molecular complexity index is 683. The number of hydrogen-bond acceptors (Lipinski definition) is 5. The van der Waals surface area contributed by atoms with Crippen LogP contribution < -0.4 is 5.32 Å². The number of ether oxygens (including phenoxy) is 1. The van der Waals surface area contributed by atoms with Crippen LogP contribution in [0.15, 0.2) is 30.3 Å². The van der Waals surface area contributed by atoms with E-state index in [1.807, 2.05) is 30.3 Å². The number of urea groups is 1. The van der Waals surface area contributed by atoms with Crippen LogP contribution in [0.5, 0.6) is 0 Å². The first-order chi connectivity index (χ1) is 11.4. The van der Waals surface area contributed by atoms with Crippen LogP contribution in [-0.4, -0.2) is 41.0 Å². The SMILES string of the molecule is C[C@@H](C#N)OC(=O)CN1C(=O)N[C@@](C)(CCc2ccccc2)C1=O. The van der Waals surface area contributed by atoms with Crippen molar-refractivity contribution < 1.29 is 19.1 Å². The molecule has 2 atom stereocenters. The second kappa shape index (κ2) is 7.13. The summed E-state index contributed by atoms with van der Waals surface area (Å²) in [5.41, 5.74) is -0.00453. The Labute approximate surface area is 140 Å². The average Bonchev–Trinajstić information content (AvgIpc) is 2.77. The number of esters is 1. The first kappa shape index (κ1) is 17.5. The van der Waals surface area contributed by atoms with Gasteiger partial charge in [0.1, 0.15) is 18.2 Å². The lowest BCUT2D eigenvalue weighted by atomic mass is 9.93. The summed E-state index contributed by atoms with van der Waals surface area (Å²) in [4.78, 5) is 37.1. The van der Waals surface area contributed by atoms with Crippen molar-refractivity contribution in [3.63, 3.8) is 0 Å². The number of carbonyl (C=O) groups is 3. The zero-order chi connectivity index (χ0) is 17.7. The Hall–Kier alpha value is -2.88. The number of carbonyl (C=O) groups excluding carboxylic acids is 3. The lowest BCUT2D eigenvalue weighted by Crippen LogP contribution is -2.44. The van der Waals surface area contributed by atoms with Gasteiger partial charge in [-0.15, -0.1) is 0 Å². The fraction of sp³-hybridized carbons (Fsp3) is 0.412. The molecular weight excluding hydrogens is 310 g/mol. The van der Waals surface area contributed by atoms with Gasteiger partial charge in [0.2, 0.25) is 0 Å². The first-order valence-electron chi connectivity index (χ1n) is 7.63. The molecule has 1 aromatic carbocycles. The maximum atomic E-state index is 12.5. The highest BCUT2D eigenvalue weighted by Crippen LogP contribution is 2.23. The summed E-state index contributed by atoms with van der Waals surface area (Å²) < 4.78 is 4.78. The van der Waals surface area contributed by atoms with Gasteiger partial charge in [-0.2, -0.15) is 5.26 Å². The van der Waals surface area contributed by atoms with E-state index >= 15 is 0 Å². The van der Waals surface area contributed by atoms with Gasteiger partial charge in [-0.3, -0.25) is 14.5 Å². The maximum Gasteiger partial charge on any atom is 0.327 e. The molecule has 1 aliphatic rings. The zero-order valence-corrected chi connectivity index (χ0v) is 13.6. The monoisotopic (exact) mass is 329 g/mol. The molecule has 126 valence electrons. The van der Waals surface area contributed by atoms with Gasteiger partial charge in [0.05, 0.1) is 0 Å². The summed E-state index contributed by atoms with van der Waals surface area (Å²) in [5, 5.41) is 11.3. The predicted octanol–water partition coefficient (Wildman–Crippen LogP) is 1.38. The number of hydrogen-bond donors (Lipinski definition) is 1. The van der Waals surface area contributed by atoms with E-state index in [1.165, 1.54) is 6.92 Å². The molecule has 1 aliphatic heterocycles. The van der Waals surface area contributed by atoms with Crippen molar-refractivity contribution in [2.24, 2.45) is 0 Å². The highest BCUT2D eigenvalue weighted by Gasteiger charge is 2.48. The molecule has 7 heteroatoms. The van der Waals surface area contributed by atoms with Crippen LogP contribution in [0.2, 0.25) is 0 Å². The molecule has 7 nitrogen and oxygen atoms in total. The van der Waals surface area contributed by atoms with Crippen LogP contribution in [0.4, 0.5) is 4.79 Å². The van der Waals surface area contributed by atoms with Gasteiger partial charge in [-0.1, -0.05) is 30.3 Å². The molecule has 1 heterocycles. The normalized spacial score (nSPS) is 21.1. The lowest BCUT2D eigenvalue weighted by molar-refractivity contribution is -0.149. The van der Waals surface area contributed by atoms with Crippen molar-refractivity contribution >= 4 is 17.9 Å². The molecule has 0 radical (unpaired) electrons. The van der Waals surface area contributed by atoms with E-state index in [-0.39, 0.29) is 0 Å². The quantitative estimate of drug-likeness (QED) is 0.628. The molecule has 0 spiro atoms. The number of rotatable bonds is 6. The molecule has 1 N–H and O–H groups in total. The minimum absolute atomic E-state index is 0.418. The third-order valence-electron chi connectivity index (χ3n) is 3.88. The van der Waals surface area contributed by atoms with Crippen molar-refractivity contribution in [1.29, 1.82) is 5.26 Å². The van der Waals surface area contributed by atoms with E-state index in [4.69, 9.17) is 10.00 Å². The van der Waals surface area contributed by atoms with Crippen LogP contribution in [0.25, 0.3) is 0 Å². The molecule has 0 aliphatic carbocycles. The second-order valence-corrected chi connectivity index (χ2v) is 5.90. The Morgan fingerprint density at radius 1 is 1.38 bits per heavy atom. The molecule has 0 saturated carbocycles. The van der Waals surface area contributed by atoms with Crippen molar-refractivity contribution in [1.82, 2.24) is 10.2 Å². The molecule has 24 heavy (non-hydrogen) atoms. The summed E-state index contributed by atoms with van der Waals surface area (Å²) >= 11 is 0. The molecule has 2 rings (SSSR count). The summed E-state index contributed by atoms with van der Waals surface area (Å²) in [7, 11) is 0. The highest BCUT2D eigenvalue weighted by atomic mass is 16.5. The fourth-order valence-electron chi connectivity index (χ4n) is 2.49. The van der Waals surface area contributed by atoms with Crippen LogP contribution in [0.1, 0.15) is 25.8 Å². The van der Waals surface area contributed by atoms with Gasteiger partial charge in [-0.25, -0.2) is 4.79 Å². The number of benzene rings is 1. The third-order valence-corrected chi connectivity index (χ3v) is 3.88. The van der Waals surface area contributed by atoms with Crippen molar-refractivity contribution in [3.8, 4) is 6.07 Å². The summed E-state index contributed by atoms with van der Waals surface area (Å²) in [6.07, 6.45) is 0.109. The number of imide groups is 1. The van der Waals surface area contributed by atoms with Gasteiger partial charge < -0.3 is 10.1 Å². The molecule has 0 aromatic heterocycles. The number of aryl methyl sites for hydroxylation is 1. The Balaban J connectivity index is 1.99. The first-order valence-corrected chi connectivity index (χ1v) is 7.63. The molecule has 0 unspecified atom stereocenters. The van der Waals surface area contributed by atoms with Gasteiger partial charge in [-0.05, 0) is 32.3 Å². The van der Waals surface area contributed by atoms with Crippen LogP contribution in [0, 0.1) is 11.3 Å². The molecule has 1 aromatic rings. The minimum atomic E-state index is -1.06. The van der Waals surface area contributed by atoms with Crippen LogP contribution in [0.3, 0.4) is 0 Å². The van der Waals surface area contributed by atoms with Crippen molar-refractivity contribution in [2.75, 3.05) is 6.54 Å². The molecule has 1 fully saturated rings. The van der Waals surface area contributed by atoms with Gasteiger partial charge in [0.15, 0.2) is 6.10 Å². The predicted molar refractivity (Wildman–Crippen MR) is 84.6 cm³/mol. The van der Waals surface area contributed by atoms with E-state index < -0.39 is 36.1 Å². The summed E-state index contributed by atoms with van der Waals surface area (Å²) in [6, 6.07) is 10.7. The average molecular weight is 329 g/mol. The lowest BCUT2D eigenvalue weighted by Gasteiger charge is -2.21. The van der Waals surface area contributed by atoms with E-state index in [9.17, 15) is 14.4 Å². The number of amides is 3. The van der Waals surface area contributed by atoms with Crippen LogP contribution >= 0.6 is 0 Å². The van der Waals surface area contributed by atoms with Crippen molar-refractivity contribution in [3.05, 3.63) is 35.9 Å². The third kappa shape index (κ3) is 3.90. The fourth-order valence-corrected chi connectivity index (χ4v) is 2.49. The van der Waals surface area contributed by atoms with E-state index in [2.05, 4.69) is 5.32 Å². The largest absolute Gasteiger partial charge is 0.446 e. The highest BCUT2D eigenvalue weighted by molar-refractivity contribution is 6.08. The van der Waals surface area contributed by atoms with Crippen LogP contribution in [-0.2, 0) is 20.7 Å². The van der Waals surface area contributed by atoms with E-state index in [0.717, 1.165) is 10.5 Å². The van der Waals surface area contributed by atoms with Gasteiger partial charge >= 0.3 is 12.0 Å². The van der Waals surface area contributed by atoms with E-state index in [1.54, 1.807) is 13.0 Å².